The lowest BCUT2D eigenvalue weighted by molar-refractivity contribution is 0.445. The summed E-state index contributed by atoms with van der Waals surface area (Å²) < 4.78 is 52.0. The summed E-state index contributed by atoms with van der Waals surface area (Å²) in [5, 5.41) is 5.93. The van der Waals surface area contributed by atoms with Gasteiger partial charge in [0.05, 0.1) is 11.8 Å². The molecule has 0 radical (unpaired) electrons. The van der Waals surface area contributed by atoms with Crippen LogP contribution < -0.4 is 10.6 Å². The molecule has 0 bridgehead atoms. The molecule has 0 aliphatic rings. The molecule has 0 spiro atoms. The van der Waals surface area contributed by atoms with Crippen molar-refractivity contribution in [1.82, 2.24) is 14.9 Å². The van der Waals surface area contributed by atoms with Gasteiger partial charge < -0.3 is 10.6 Å². The number of aliphatic imine (C=N–C) groups is 1. The molecule has 0 saturated carbocycles. The van der Waals surface area contributed by atoms with Crippen LogP contribution in [0.25, 0.3) is 0 Å². The third-order valence-electron chi connectivity index (χ3n) is 3.77. The van der Waals surface area contributed by atoms with Gasteiger partial charge in [-0.3, -0.25) is 4.99 Å². The Hall–Kier alpha value is -1.74. The minimum atomic E-state index is -3.32. The van der Waals surface area contributed by atoms with Crippen molar-refractivity contribution >= 4 is 16.0 Å². The van der Waals surface area contributed by atoms with Crippen LogP contribution >= 0.6 is 0 Å². The fraction of sp³-hybridized carbons (Fsp3) is 0.562. The van der Waals surface area contributed by atoms with Crippen molar-refractivity contribution in [2.24, 2.45) is 4.99 Å². The quantitative estimate of drug-likeness (QED) is 0.537. The maximum atomic E-state index is 13.3. The van der Waals surface area contributed by atoms with E-state index in [4.69, 9.17) is 0 Å². The number of nitrogens with one attached hydrogen (secondary N) is 2. The molecule has 142 valence electrons. The maximum Gasteiger partial charge on any atom is 0.215 e. The number of nitrogens with zero attached hydrogens (tertiary/aromatic N) is 2. The van der Waals surface area contributed by atoms with Gasteiger partial charge in [-0.15, -0.1) is 0 Å². The summed E-state index contributed by atoms with van der Waals surface area (Å²) in [5.74, 6) is -1.50. The number of rotatable bonds is 8. The monoisotopic (exact) mass is 376 g/mol. The van der Waals surface area contributed by atoms with E-state index < -0.39 is 21.7 Å². The summed E-state index contributed by atoms with van der Waals surface area (Å²) in [7, 11) is -1.77. The van der Waals surface area contributed by atoms with E-state index in [1.807, 2.05) is 0 Å². The molecule has 1 aromatic carbocycles. The van der Waals surface area contributed by atoms with E-state index in [1.165, 1.54) is 10.4 Å². The van der Waals surface area contributed by atoms with Crippen LogP contribution in [0.1, 0.15) is 32.4 Å². The van der Waals surface area contributed by atoms with Crippen LogP contribution in [0.15, 0.2) is 23.2 Å². The highest BCUT2D eigenvalue weighted by molar-refractivity contribution is 7.89. The van der Waals surface area contributed by atoms with Crippen LogP contribution in [-0.2, 0) is 10.0 Å². The molecule has 9 heteroatoms. The fourth-order valence-corrected chi connectivity index (χ4v) is 3.71. The summed E-state index contributed by atoms with van der Waals surface area (Å²) in [4.78, 5) is 4.02. The zero-order valence-electron chi connectivity index (χ0n) is 15.0. The Morgan fingerprint density at radius 1 is 1.24 bits per heavy atom. The van der Waals surface area contributed by atoms with Crippen LogP contribution in [0.5, 0.6) is 0 Å². The van der Waals surface area contributed by atoms with Gasteiger partial charge in [0.25, 0.3) is 0 Å². The molecule has 0 saturated heterocycles. The first-order chi connectivity index (χ1) is 11.7. The van der Waals surface area contributed by atoms with Crippen molar-refractivity contribution in [1.29, 1.82) is 0 Å². The molecular weight excluding hydrogens is 350 g/mol. The molecule has 6 nitrogen and oxygen atoms in total. The molecule has 2 N–H and O–H groups in total. The molecule has 1 rings (SSSR count). The van der Waals surface area contributed by atoms with Gasteiger partial charge in [-0.25, -0.2) is 21.5 Å². The third kappa shape index (κ3) is 6.24. The van der Waals surface area contributed by atoms with Crippen molar-refractivity contribution in [3.8, 4) is 0 Å². The maximum absolute atomic E-state index is 13.3. The second-order valence-corrected chi connectivity index (χ2v) is 7.53. The van der Waals surface area contributed by atoms with E-state index in [9.17, 15) is 17.2 Å². The predicted octanol–water partition coefficient (Wildman–Crippen LogP) is 1.86. The van der Waals surface area contributed by atoms with Crippen molar-refractivity contribution < 1.29 is 17.2 Å². The van der Waals surface area contributed by atoms with Crippen molar-refractivity contribution in [3.63, 3.8) is 0 Å². The number of hydrogen-bond donors (Lipinski definition) is 2. The molecule has 0 aliphatic heterocycles. The number of halogens is 2. The Morgan fingerprint density at radius 3 is 2.40 bits per heavy atom. The molecule has 1 unspecified atom stereocenters. The van der Waals surface area contributed by atoms with E-state index in [0.717, 1.165) is 12.1 Å². The normalized spacial score (nSPS) is 13.8. The molecular formula is C16H26F2N4O2S. The number of sulfonamides is 1. The van der Waals surface area contributed by atoms with Gasteiger partial charge >= 0.3 is 0 Å². The number of hydrogen-bond acceptors (Lipinski definition) is 3. The van der Waals surface area contributed by atoms with Gasteiger partial charge in [0.15, 0.2) is 17.6 Å². The van der Waals surface area contributed by atoms with Gasteiger partial charge in [-0.1, -0.05) is 19.9 Å². The summed E-state index contributed by atoms with van der Waals surface area (Å²) >= 11 is 0. The third-order valence-corrected chi connectivity index (χ3v) is 5.79. The first kappa shape index (κ1) is 21.3. The zero-order chi connectivity index (χ0) is 19.0. The largest absolute Gasteiger partial charge is 0.355 e. The summed E-state index contributed by atoms with van der Waals surface area (Å²) in [5.41, 5.74) is 0.553. The smallest absolute Gasteiger partial charge is 0.215 e. The molecule has 0 heterocycles. The van der Waals surface area contributed by atoms with Crippen LogP contribution in [0.4, 0.5) is 8.78 Å². The summed E-state index contributed by atoms with van der Waals surface area (Å²) in [6, 6.07) is 3.33. The number of benzene rings is 1. The minimum absolute atomic E-state index is 0.0606. The Kier molecular flexibility index (Phi) is 8.24. The van der Waals surface area contributed by atoms with Gasteiger partial charge in [0, 0.05) is 26.7 Å². The van der Waals surface area contributed by atoms with Gasteiger partial charge in [0.1, 0.15) is 0 Å². The molecule has 25 heavy (non-hydrogen) atoms. The lowest BCUT2D eigenvalue weighted by Crippen LogP contribution is -2.42. The average molecular weight is 376 g/mol. The average Bonchev–Trinajstić information content (AvgIpc) is 2.56. The van der Waals surface area contributed by atoms with Gasteiger partial charge in [-0.2, -0.15) is 0 Å². The SMILES string of the molecule is CCN(CC)S(=O)(=O)CCNC(=NC)NC(C)c1ccc(F)c(F)c1. The molecule has 0 fully saturated rings. The van der Waals surface area contributed by atoms with E-state index in [1.54, 1.807) is 27.8 Å². The fourth-order valence-electron chi connectivity index (χ4n) is 2.31. The molecule has 0 aliphatic carbocycles. The lowest BCUT2D eigenvalue weighted by Gasteiger charge is -2.20. The van der Waals surface area contributed by atoms with Crippen molar-refractivity contribution in [3.05, 3.63) is 35.4 Å². The minimum Gasteiger partial charge on any atom is -0.355 e. The standard InChI is InChI=1S/C16H26F2N4O2S/c1-5-22(6-2)25(23,24)10-9-20-16(19-4)21-12(3)13-7-8-14(17)15(18)11-13/h7-8,11-12H,5-6,9-10H2,1-4H3,(H2,19,20,21). The van der Waals surface area contributed by atoms with Gasteiger partial charge in [0.2, 0.25) is 10.0 Å². The highest BCUT2D eigenvalue weighted by Crippen LogP contribution is 2.15. The van der Waals surface area contributed by atoms with Crippen LogP contribution in [-0.4, -0.2) is 51.1 Å². The highest BCUT2D eigenvalue weighted by Gasteiger charge is 2.18. The Morgan fingerprint density at radius 2 is 1.88 bits per heavy atom. The molecule has 0 amide bonds. The van der Waals surface area contributed by atoms with Crippen molar-refractivity contribution in [2.75, 3.05) is 32.4 Å². The van der Waals surface area contributed by atoms with E-state index in [2.05, 4.69) is 15.6 Å². The summed E-state index contributed by atoms with van der Waals surface area (Å²) in [6.45, 7) is 6.39. The first-order valence-electron chi connectivity index (χ1n) is 8.15. The first-order valence-corrected chi connectivity index (χ1v) is 9.76. The van der Waals surface area contributed by atoms with Crippen LogP contribution in [0, 0.1) is 11.6 Å². The Bertz CT molecular complexity index is 691. The van der Waals surface area contributed by atoms with E-state index >= 15 is 0 Å². The van der Waals surface area contributed by atoms with Gasteiger partial charge in [-0.05, 0) is 24.6 Å². The zero-order valence-corrected chi connectivity index (χ0v) is 15.8. The second-order valence-electron chi connectivity index (χ2n) is 5.44. The topological polar surface area (TPSA) is 73.8 Å². The number of guanidine groups is 1. The molecule has 0 aromatic heterocycles. The Balaban J connectivity index is 2.61. The molecule has 1 atom stereocenters. The Labute approximate surface area is 148 Å². The van der Waals surface area contributed by atoms with E-state index in [0.29, 0.717) is 24.6 Å². The van der Waals surface area contributed by atoms with Crippen LogP contribution in [0.2, 0.25) is 0 Å². The highest BCUT2D eigenvalue weighted by atomic mass is 32.2. The predicted molar refractivity (Wildman–Crippen MR) is 96.0 cm³/mol. The van der Waals surface area contributed by atoms with E-state index in [-0.39, 0.29) is 18.3 Å². The molecule has 1 aromatic rings. The summed E-state index contributed by atoms with van der Waals surface area (Å²) in [6.07, 6.45) is 0. The van der Waals surface area contributed by atoms with Crippen molar-refractivity contribution in [2.45, 2.75) is 26.8 Å². The van der Waals surface area contributed by atoms with Crippen LogP contribution in [0.3, 0.4) is 0 Å². The second kappa shape index (κ2) is 9.67. The lowest BCUT2D eigenvalue weighted by atomic mass is 10.1.